The Bertz CT molecular complexity index is 353. The van der Waals surface area contributed by atoms with Crippen molar-refractivity contribution in [2.45, 2.75) is 37.5 Å². The summed E-state index contributed by atoms with van der Waals surface area (Å²) in [6.45, 7) is 1.94. The van der Waals surface area contributed by atoms with E-state index in [4.69, 9.17) is 5.73 Å². The molecule has 94 valence electrons. The van der Waals surface area contributed by atoms with Crippen molar-refractivity contribution in [3.05, 3.63) is 0 Å². The largest absolute Gasteiger partial charge is 0.355 e. The van der Waals surface area contributed by atoms with Crippen LogP contribution in [0.25, 0.3) is 0 Å². The van der Waals surface area contributed by atoms with Crippen LogP contribution < -0.4 is 11.1 Å². The number of sulfone groups is 1. The van der Waals surface area contributed by atoms with Gasteiger partial charge in [0.15, 0.2) is 9.84 Å². The zero-order chi connectivity index (χ0) is 12.3. The fourth-order valence-electron chi connectivity index (χ4n) is 1.88. The molecule has 1 aliphatic rings. The third-order valence-corrected chi connectivity index (χ3v) is 4.66. The van der Waals surface area contributed by atoms with Crippen molar-refractivity contribution in [3.8, 4) is 0 Å². The molecule has 1 saturated carbocycles. The maximum atomic E-state index is 11.5. The topological polar surface area (TPSA) is 89.3 Å². The third-order valence-electron chi connectivity index (χ3n) is 3.16. The van der Waals surface area contributed by atoms with Crippen molar-refractivity contribution in [3.63, 3.8) is 0 Å². The van der Waals surface area contributed by atoms with E-state index in [1.807, 2.05) is 0 Å². The molecule has 1 amide bonds. The molecule has 0 aromatic rings. The fourth-order valence-corrected chi connectivity index (χ4v) is 2.35. The number of hydrogen-bond acceptors (Lipinski definition) is 4. The molecule has 3 N–H and O–H groups in total. The van der Waals surface area contributed by atoms with E-state index in [0.29, 0.717) is 12.5 Å². The summed E-state index contributed by atoms with van der Waals surface area (Å²) in [7, 11) is -3.30. The van der Waals surface area contributed by atoms with Crippen LogP contribution in [0.4, 0.5) is 0 Å². The highest BCUT2D eigenvalue weighted by Crippen LogP contribution is 2.23. The summed E-state index contributed by atoms with van der Waals surface area (Å²) in [6, 6.07) is 0.231. The first-order chi connectivity index (χ1) is 7.30. The maximum absolute atomic E-state index is 11.5. The normalized spacial score (nSPS) is 27.7. The lowest BCUT2D eigenvalue weighted by atomic mass is 10.1. The Morgan fingerprint density at radius 3 is 2.56 bits per heavy atom. The molecule has 0 spiro atoms. The van der Waals surface area contributed by atoms with Gasteiger partial charge in [-0.15, -0.1) is 0 Å². The first-order valence-electron chi connectivity index (χ1n) is 5.53. The Hall–Kier alpha value is -0.620. The van der Waals surface area contributed by atoms with E-state index in [2.05, 4.69) is 5.32 Å². The summed E-state index contributed by atoms with van der Waals surface area (Å²) in [5.41, 5.74) is 5.75. The number of nitrogens with two attached hydrogens (primary N) is 1. The molecule has 0 saturated heterocycles. The van der Waals surface area contributed by atoms with Gasteiger partial charge in [0.2, 0.25) is 5.91 Å². The van der Waals surface area contributed by atoms with E-state index in [9.17, 15) is 13.2 Å². The van der Waals surface area contributed by atoms with Gasteiger partial charge in [0.25, 0.3) is 0 Å². The maximum Gasteiger partial charge on any atom is 0.238 e. The highest BCUT2D eigenvalue weighted by molar-refractivity contribution is 7.92. The smallest absolute Gasteiger partial charge is 0.238 e. The van der Waals surface area contributed by atoms with Crippen LogP contribution >= 0.6 is 0 Å². The van der Waals surface area contributed by atoms with Crippen molar-refractivity contribution >= 4 is 15.7 Å². The van der Waals surface area contributed by atoms with Gasteiger partial charge in [-0.3, -0.25) is 4.79 Å². The lowest BCUT2D eigenvalue weighted by molar-refractivity contribution is -0.120. The molecule has 0 aliphatic heterocycles. The van der Waals surface area contributed by atoms with Crippen molar-refractivity contribution in [2.24, 2.45) is 11.7 Å². The van der Waals surface area contributed by atoms with Crippen molar-refractivity contribution in [1.82, 2.24) is 5.32 Å². The molecule has 1 fully saturated rings. The molecule has 5 nitrogen and oxygen atoms in total. The minimum Gasteiger partial charge on any atom is -0.355 e. The Kier molecular flexibility index (Phi) is 4.32. The van der Waals surface area contributed by atoms with Crippen LogP contribution in [0.1, 0.15) is 26.2 Å². The molecule has 0 heterocycles. The lowest BCUT2D eigenvalue weighted by Gasteiger charge is -2.14. The van der Waals surface area contributed by atoms with Gasteiger partial charge in [-0.05, 0) is 32.1 Å². The summed E-state index contributed by atoms with van der Waals surface area (Å²) >= 11 is 0. The van der Waals surface area contributed by atoms with E-state index in [1.165, 1.54) is 6.92 Å². The summed E-state index contributed by atoms with van der Waals surface area (Å²) in [5.74, 6) is -0.0197. The number of nitrogens with one attached hydrogen (secondary N) is 1. The molecule has 3 unspecified atom stereocenters. The van der Waals surface area contributed by atoms with E-state index < -0.39 is 21.0 Å². The van der Waals surface area contributed by atoms with Gasteiger partial charge in [0.1, 0.15) is 5.25 Å². The minimum absolute atomic E-state index is 0.231. The zero-order valence-corrected chi connectivity index (χ0v) is 10.6. The second-order valence-electron chi connectivity index (χ2n) is 4.66. The van der Waals surface area contributed by atoms with Crippen LogP contribution in [0.5, 0.6) is 0 Å². The average molecular weight is 248 g/mol. The van der Waals surface area contributed by atoms with Gasteiger partial charge < -0.3 is 11.1 Å². The molecular weight excluding hydrogens is 228 g/mol. The first-order valence-corrected chi connectivity index (χ1v) is 7.48. The summed E-state index contributed by atoms with van der Waals surface area (Å²) in [4.78, 5) is 11.5. The van der Waals surface area contributed by atoms with E-state index >= 15 is 0 Å². The Balaban J connectivity index is 2.36. The molecule has 0 radical (unpaired) electrons. The first kappa shape index (κ1) is 13.4. The molecule has 0 aromatic heterocycles. The Morgan fingerprint density at radius 2 is 2.12 bits per heavy atom. The number of hydrogen-bond donors (Lipinski definition) is 2. The molecule has 1 aliphatic carbocycles. The van der Waals surface area contributed by atoms with Crippen molar-refractivity contribution < 1.29 is 13.2 Å². The minimum atomic E-state index is -3.30. The highest BCUT2D eigenvalue weighted by atomic mass is 32.2. The monoisotopic (exact) mass is 248 g/mol. The third kappa shape index (κ3) is 3.75. The predicted molar refractivity (Wildman–Crippen MR) is 62.6 cm³/mol. The molecule has 0 bridgehead atoms. The van der Waals surface area contributed by atoms with Gasteiger partial charge >= 0.3 is 0 Å². The van der Waals surface area contributed by atoms with Crippen LogP contribution in [0.3, 0.4) is 0 Å². The number of rotatable bonds is 4. The van der Waals surface area contributed by atoms with Crippen LogP contribution in [-0.2, 0) is 14.6 Å². The van der Waals surface area contributed by atoms with Crippen LogP contribution in [0, 0.1) is 5.92 Å². The van der Waals surface area contributed by atoms with Gasteiger partial charge in [-0.25, -0.2) is 8.42 Å². The highest BCUT2D eigenvalue weighted by Gasteiger charge is 2.26. The van der Waals surface area contributed by atoms with Crippen LogP contribution in [-0.4, -0.2) is 38.4 Å². The standard InChI is InChI=1S/C10H20N2O3S/c1-7(16(2,14)15)10(13)12-6-8-3-4-9(11)5-8/h7-9H,3-6,11H2,1-2H3,(H,12,13). The molecule has 0 aromatic carbocycles. The van der Waals surface area contributed by atoms with Crippen LogP contribution in [0.15, 0.2) is 0 Å². The summed E-state index contributed by atoms with van der Waals surface area (Å²) in [5, 5.41) is 1.71. The second-order valence-corrected chi connectivity index (χ2v) is 7.02. The second kappa shape index (κ2) is 5.14. The van der Waals surface area contributed by atoms with Gasteiger partial charge in [-0.2, -0.15) is 0 Å². The van der Waals surface area contributed by atoms with Gasteiger partial charge in [0.05, 0.1) is 0 Å². The summed E-state index contributed by atoms with van der Waals surface area (Å²) in [6.07, 6.45) is 3.98. The fraction of sp³-hybridized carbons (Fsp3) is 0.900. The van der Waals surface area contributed by atoms with Crippen LogP contribution in [0.2, 0.25) is 0 Å². The van der Waals surface area contributed by atoms with Gasteiger partial charge in [0, 0.05) is 18.8 Å². The Labute approximate surface area is 96.7 Å². The SMILES string of the molecule is CC(C(=O)NCC1CCC(N)C1)S(C)(=O)=O. The molecule has 3 atom stereocenters. The average Bonchev–Trinajstić information content (AvgIpc) is 2.58. The number of carbonyl (C=O) groups is 1. The summed E-state index contributed by atoms with van der Waals surface area (Å²) < 4.78 is 22.3. The predicted octanol–water partition coefficient (Wildman–Crippen LogP) is -0.337. The number of amides is 1. The molecule has 16 heavy (non-hydrogen) atoms. The quantitative estimate of drug-likeness (QED) is 0.712. The Morgan fingerprint density at radius 1 is 1.50 bits per heavy atom. The van der Waals surface area contributed by atoms with Gasteiger partial charge in [-0.1, -0.05) is 0 Å². The molecular formula is C10H20N2O3S. The number of carbonyl (C=O) groups excluding carboxylic acids is 1. The lowest BCUT2D eigenvalue weighted by Crippen LogP contribution is -2.39. The molecule has 1 rings (SSSR count). The van der Waals surface area contributed by atoms with E-state index in [1.54, 1.807) is 0 Å². The zero-order valence-electron chi connectivity index (χ0n) is 9.77. The van der Waals surface area contributed by atoms with E-state index in [0.717, 1.165) is 25.5 Å². The van der Waals surface area contributed by atoms with Crippen molar-refractivity contribution in [1.29, 1.82) is 0 Å². The molecule has 6 heteroatoms. The van der Waals surface area contributed by atoms with E-state index in [-0.39, 0.29) is 6.04 Å². The van der Waals surface area contributed by atoms with Crippen molar-refractivity contribution in [2.75, 3.05) is 12.8 Å².